The molecule has 0 radical (unpaired) electrons. The number of hydrogen-bond donors (Lipinski definition) is 4. The molecular weight excluding hydrogens is 370 g/mol. The van der Waals surface area contributed by atoms with Crippen molar-refractivity contribution in [1.82, 2.24) is 15.4 Å². The minimum Gasteiger partial charge on any atom is -0.508 e. The Morgan fingerprint density at radius 1 is 1.00 bits per heavy atom. The van der Waals surface area contributed by atoms with E-state index in [2.05, 4.69) is 20.5 Å². The summed E-state index contributed by atoms with van der Waals surface area (Å²) in [6.07, 6.45) is 0. The van der Waals surface area contributed by atoms with Gasteiger partial charge in [-0.1, -0.05) is 36.4 Å². The van der Waals surface area contributed by atoms with E-state index < -0.39 is 0 Å². The lowest BCUT2D eigenvalue weighted by Crippen LogP contribution is -2.26. The van der Waals surface area contributed by atoms with E-state index >= 15 is 0 Å². The summed E-state index contributed by atoms with van der Waals surface area (Å²) in [6.45, 7) is 0. The fourth-order valence-corrected chi connectivity index (χ4v) is 2.96. The van der Waals surface area contributed by atoms with Crippen LogP contribution in [-0.4, -0.2) is 25.9 Å². The van der Waals surface area contributed by atoms with Crippen LogP contribution in [0.25, 0.3) is 22.4 Å². The molecule has 7 heteroatoms. The first-order valence-corrected chi connectivity index (χ1v) is 8.99. The van der Waals surface area contributed by atoms with E-state index in [9.17, 15) is 5.11 Å². The number of aromatic nitrogens is 2. The van der Waals surface area contributed by atoms with Crippen LogP contribution < -0.4 is 11.2 Å². The number of hydrogen-bond acceptors (Lipinski definition) is 4. The summed E-state index contributed by atoms with van der Waals surface area (Å²) in [5.41, 5.74) is 13.4. The second-order valence-electron chi connectivity index (χ2n) is 6.17. The summed E-state index contributed by atoms with van der Waals surface area (Å²) >= 11 is 4.88. The molecule has 28 heavy (non-hydrogen) atoms. The number of aromatic hydroxyl groups is 1. The molecule has 3 aromatic carbocycles. The number of thiocarbonyl (C=S) groups is 1. The van der Waals surface area contributed by atoms with Crippen molar-refractivity contribution in [3.8, 4) is 17.1 Å². The number of phenols is 1. The quantitative estimate of drug-likeness (QED) is 0.244. The smallest absolute Gasteiger partial charge is 0.184 e. The van der Waals surface area contributed by atoms with Crippen molar-refractivity contribution < 1.29 is 5.11 Å². The third-order valence-electron chi connectivity index (χ3n) is 4.22. The largest absolute Gasteiger partial charge is 0.508 e. The van der Waals surface area contributed by atoms with Crippen molar-refractivity contribution >= 4 is 34.1 Å². The third kappa shape index (κ3) is 3.70. The number of aromatic amines is 1. The lowest BCUT2D eigenvalue weighted by molar-refractivity contribution is 0.475. The zero-order chi connectivity index (χ0) is 19.5. The molecule has 0 spiro atoms. The average molecular weight is 387 g/mol. The fraction of sp³-hybridized carbons (Fsp3) is 0. The summed E-state index contributed by atoms with van der Waals surface area (Å²) in [6, 6.07) is 22.6. The first kappa shape index (κ1) is 17.7. The maximum atomic E-state index is 9.47. The standard InChI is InChI=1S/C21H17N5OS/c22-21(28)26-25-19(13-4-2-1-3-5-13)15-8-11-17-18(12-15)24-20(23-17)14-6-9-16(27)10-7-14/h1-12,27H,(H,23,24)(H3,22,26,28)/b25-19-. The van der Waals surface area contributed by atoms with Gasteiger partial charge in [0.15, 0.2) is 5.11 Å². The second kappa shape index (κ2) is 7.50. The molecule has 0 aliphatic heterocycles. The van der Waals surface area contributed by atoms with Gasteiger partial charge in [0.25, 0.3) is 0 Å². The first-order chi connectivity index (χ1) is 13.6. The predicted octanol–water partition coefficient (Wildman–Crippen LogP) is 3.52. The molecule has 0 aliphatic rings. The topological polar surface area (TPSA) is 99.3 Å². The van der Waals surface area contributed by atoms with Gasteiger partial charge < -0.3 is 15.8 Å². The summed E-state index contributed by atoms with van der Waals surface area (Å²) in [5.74, 6) is 0.947. The molecule has 0 saturated carbocycles. The van der Waals surface area contributed by atoms with Crippen LogP contribution in [0.5, 0.6) is 5.75 Å². The molecule has 0 fully saturated rings. The van der Waals surface area contributed by atoms with Gasteiger partial charge in [-0.25, -0.2) is 4.98 Å². The number of nitrogens with one attached hydrogen (secondary N) is 2. The van der Waals surface area contributed by atoms with Crippen LogP contribution in [0.3, 0.4) is 0 Å². The average Bonchev–Trinajstić information content (AvgIpc) is 3.13. The summed E-state index contributed by atoms with van der Waals surface area (Å²) in [7, 11) is 0. The van der Waals surface area contributed by atoms with Crippen molar-refractivity contribution in [2.45, 2.75) is 0 Å². The zero-order valence-corrected chi connectivity index (χ0v) is 15.6. The SMILES string of the molecule is NC(=S)N/N=C(/c1ccccc1)c1ccc2nc(-c3ccc(O)cc3)[nH]c2c1. The molecule has 4 rings (SSSR count). The third-order valence-corrected chi connectivity index (χ3v) is 4.31. The zero-order valence-electron chi connectivity index (χ0n) is 14.8. The van der Waals surface area contributed by atoms with E-state index in [4.69, 9.17) is 18.0 Å². The molecule has 1 heterocycles. The van der Waals surface area contributed by atoms with Gasteiger partial charge >= 0.3 is 0 Å². The van der Waals surface area contributed by atoms with Crippen molar-refractivity contribution in [2.24, 2.45) is 10.8 Å². The van der Waals surface area contributed by atoms with Crippen LogP contribution in [0.1, 0.15) is 11.1 Å². The molecule has 0 atom stereocenters. The van der Waals surface area contributed by atoms with Crippen LogP contribution >= 0.6 is 12.2 Å². The number of rotatable bonds is 4. The molecule has 5 N–H and O–H groups in total. The molecule has 0 bridgehead atoms. The van der Waals surface area contributed by atoms with Crippen LogP contribution in [0.2, 0.25) is 0 Å². The Labute approximate surface area is 166 Å². The molecule has 0 amide bonds. The van der Waals surface area contributed by atoms with Gasteiger partial charge in [0.05, 0.1) is 16.7 Å². The van der Waals surface area contributed by atoms with Crippen molar-refractivity contribution in [3.05, 3.63) is 83.9 Å². The Hall–Kier alpha value is -3.71. The summed E-state index contributed by atoms with van der Waals surface area (Å²) in [5, 5.41) is 14.0. The second-order valence-corrected chi connectivity index (χ2v) is 6.61. The van der Waals surface area contributed by atoms with E-state index in [-0.39, 0.29) is 10.9 Å². The summed E-state index contributed by atoms with van der Waals surface area (Å²) < 4.78 is 0. The molecule has 0 aliphatic carbocycles. The molecular formula is C21H17N5OS. The van der Waals surface area contributed by atoms with Gasteiger partial charge in [-0.2, -0.15) is 5.10 Å². The number of nitrogens with zero attached hydrogens (tertiary/aromatic N) is 2. The van der Waals surface area contributed by atoms with Crippen LogP contribution in [0, 0.1) is 0 Å². The van der Waals surface area contributed by atoms with Crippen molar-refractivity contribution in [1.29, 1.82) is 0 Å². The van der Waals surface area contributed by atoms with Gasteiger partial charge in [-0.15, -0.1) is 0 Å². The maximum absolute atomic E-state index is 9.47. The Morgan fingerprint density at radius 3 is 2.46 bits per heavy atom. The normalized spacial score (nSPS) is 11.5. The van der Waals surface area contributed by atoms with Gasteiger partial charge in [0.2, 0.25) is 0 Å². The highest BCUT2D eigenvalue weighted by Gasteiger charge is 2.11. The number of hydrazone groups is 1. The predicted molar refractivity (Wildman–Crippen MR) is 115 cm³/mol. The van der Waals surface area contributed by atoms with Gasteiger partial charge in [0, 0.05) is 16.7 Å². The molecule has 1 aromatic heterocycles. The van der Waals surface area contributed by atoms with Gasteiger partial charge in [0.1, 0.15) is 11.6 Å². The van der Waals surface area contributed by atoms with Crippen molar-refractivity contribution in [2.75, 3.05) is 0 Å². The number of fused-ring (bicyclic) bond motifs is 1. The first-order valence-electron chi connectivity index (χ1n) is 8.58. The van der Waals surface area contributed by atoms with Crippen LogP contribution in [-0.2, 0) is 0 Å². The van der Waals surface area contributed by atoms with E-state index in [1.807, 2.05) is 60.7 Å². The Kier molecular flexibility index (Phi) is 4.74. The van der Waals surface area contributed by atoms with Crippen LogP contribution in [0.4, 0.5) is 0 Å². The Morgan fingerprint density at radius 2 is 1.75 bits per heavy atom. The molecule has 0 unspecified atom stereocenters. The van der Waals surface area contributed by atoms with Gasteiger partial charge in [-0.3, -0.25) is 5.43 Å². The number of phenolic OH excluding ortho intramolecular Hbond substituents is 1. The highest BCUT2D eigenvalue weighted by atomic mass is 32.1. The monoisotopic (exact) mass is 387 g/mol. The van der Waals surface area contributed by atoms with E-state index in [0.717, 1.165) is 39.3 Å². The maximum Gasteiger partial charge on any atom is 0.184 e. The molecule has 4 aromatic rings. The molecule has 6 nitrogen and oxygen atoms in total. The minimum atomic E-state index is 0.102. The Bertz CT molecular complexity index is 1170. The Balaban J connectivity index is 1.77. The number of H-pyrrole nitrogens is 1. The minimum absolute atomic E-state index is 0.102. The number of imidazole rings is 1. The number of nitrogens with two attached hydrogens (primary N) is 1. The fourth-order valence-electron chi connectivity index (χ4n) is 2.92. The lowest BCUT2D eigenvalue weighted by atomic mass is 10.0. The molecule has 0 saturated heterocycles. The highest BCUT2D eigenvalue weighted by Crippen LogP contribution is 2.24. The van der Waals surface area contributed by atoms with Crippen molar-refractivity contribution in [3.63, 3.8) is 0 Å². The van der Waals surface area contributed by atoms with E-state index in [1.54, 1.807) is 12.1 Å². The van der Waals surface area contributed by atoms with Crippen LogP contribution in [0.15, 0.2) is 77.9 Å². The van der Waals surface area contributed by atoms with Gasteiger partial charge in [-0.05, 0) is 48.6 Å². The highest BCUT2D eigenvalue weighted by molar-refractivity contribution is 7.80. The van der Waals surface area contributed by atoms with E-state index in [1.165, 1.54) is 0 Å². The summed E-state index contributed by atoms with van der Waals surface area (Å²) in [4.78, 5) is 7.95. The lowest BCUT2D eigenvalue weighted by Gasteiger charge is -2.08. The number of benzene rings is 3. The van der Waals surface area contributed by atoms with E-state index in [0.29, 0.717) is 0 Å². The molecule has 138 valence electrons.